The third kappa shape index (κ3) is 5.13. The molecule has 4 aliphatic carbocycles. The monoisotopic (exact) mass is 458 g/mol. The molecule has 0 aliphatic heterocycles. The average molecular weight is 459 g/mol. The van der Waals surface area contributed by atoms with E-state index >= 15 is 0 Å². The van der Waals surface area contributed by atoms with Crippen LogP contribution < -0.4 is 5.32 Å². The maximum absolute atomic E-state index is 12.8. The van der Waals surface area contributed by atoms with E-state index < -0.39 is 5.97 Å². The second kappa shape index (κ2) is 9.86. The Labute approximate surface area is 194 Å². The summed E-state index contributed by atoms with van der Waals surface area (Å²) in [6.07, 6.45) is 7.40. The van der Waals surface area contributed by atoms with Gasteiger partial charge in [-0.1, -0.05) is 12.1 Å². The number of hydrogen-bond donors (Lipinski definition) is 1. The number of nitrogens with zero attached hydrogens (tertiary/aromatic N) is 1. The topological polar surface area (TPSA) is 75.7 Å². The first kappa shape index (κ1) is 23.1. The van der Waals surface area contributed by atoms with Gasteiger partial charge in [-0.05, 0) is 82.3 Å². The summed E-state index contributed by atoms with van der Waals surface area (Å²) in [4.78, 5) is 39.9. The Morgan fingerprint density at radius 3 is 2.22 bits per heavy atom. The van der Waals surface area contributed by atoms with Crippen molar-refractivity contribution in [3.63, 3.8) is 0 Å². The van der Waals surface area contributed by atoms with Crippen molar-refractivity contribution >= 4 is 29.5 Å². The first-order chi connectivity index (χ1) is 15.4. The van der Waals surface area contributed by atoms with Gasteiger partial charge in [0.25, 0.3) is 5.91 Å². The third-order valence-corrected chi connectivity index (χ3v) is 8.42. The summed E-state index contributed by atoms with van der Waals surface area (Å²) in [5.41, 5.74) is 0.391. The fraction of sp³-hybridized carbons (Fsp3) is 0.640. The number of likely N-dealkylation sites (N-methyl/N-ethyl adjacent to an activating group) is 1. The molecule has 1 aromatic carbocycles. The lowest BCUT2D eigenvalue weighted by Gasteiger charge is -2.56. The molecule has 0 aromatic heterocycles. The van der Waals surface area contributed by atoms with Gasteiger partial charge >= 0.3 is 5.97 Å². The Hall–Kier alpha value is -2.02. The molecule has 0 spiro atoms. The predicted molar refractivity (Wildman–Crippen MR) is 124 cm³/mol. The van der Waals surface area contributed by atoms with E-state index in [0.29, 0.717) is 23.5 Å². The van der Waals surface area contributed by atoms with Crippen molar-refractivity contribution in [3.8, 4) is 0 Å². The van der Waals surface area contributed by atoms with Gasteiger partial charge in [0, 0.05) is 23.5 Å². The molecule has 2 amide bonds. The van der Waals surface area contributed by atoms with Gasteiger partial charge in [-0.2, -0.15) is 0 Å². The van der Waals surface area contributed by atoms with Crippen LogP contribution in [0.25, 0.3) is 0 Å². The lowest BCUT2D eigenvalue weighted by molar-refractivity contribution is -0.134. The van der Waals surface area contributed by atoms with Crippen LogP contribution in [0, 0.1) is 17.8 Å². The molecule has 4 saturated carbocycles. The van der Waals surface area contributed by atoms with E-state index in [9.17, 15) is 14.4 Å². The fourth-order valence-corrected chi connectivity index (χ4v) is 7.21. The van der Waals surface area contributed by atoms with Crippen molar-refractivity contribution in [3.05, 3.63) is 29.8 Å². The summed E-state index contributed by atoms with van der Waals surface area (Å²) in [5.74, 6) is 1.91. The van der Waals surface area contributed by atoms with Crippen LogP contribution in [0.5, 0.6) is 0 Å². The molecule has 4 bridgehead atoms. The molecule has 5 rings (SSSR count). The van der Waals surface area contributed by atoms with Gasteiger partial charge < -0.3 is 15.0 Å². The lowest BCUT2D eigenvalue weighted by Crippen LogP contribution is -2.60. The molecule has 32 heavy (non-hydrogen) atoms. The van der Waals surface area contributed by atoms with Gasteiger partial charge in [0.15, 0.2) is 6.61 Å². The minimum Gasteiger partial charge on any atom is -0.452 e. The number of nitrogens with one attached hydrogen (secondary N) is 1. The number of rotatable bonds is 9. The Kier molecular flexibility index (Phi) is 7.13. The molecule has 174 valence electrons. The highest BCUT2D eigenvalue weighted by Gasteiger charge is 2.51. The molecule has 1 N–H and O–H groups in total. The van der Waals surface area contributed by atoms with Gasteiger partial charge in [0.1, 0.15) is 0 Å². The molecule has 4 fully saturated rings. The number of carbonyl (C=O) groups is 3. The molecule has 4 aliphatic rings. The van der Waals surface area contributed by atoms with E-state index in [2.05, 4.69) is 5.32 Å². The van der Waals surface area contributed by atoms with Gasteiger partial charge in [0.05, 0.1) is 11.3 Å². The zero-order valence-corrected chi connectivity index (χ0v) is 19.9. The zero-order valence-electron chi connectivity index (χ0n) is 19.1. The number of hydrogen-bond acceptors (Lipinski definition) is 5. The van der Waals surface area contributed by atoms with E-state index in [-0.39, 0.29) is 29.7 Å². The standard InChI is InChI=1S/C25H34N2O4S/c1-3-27(4-2)23(29)15-31-24(30)20-7-5-6-8-21(20)32-16-22(28)26-25-12-17-9-18(13-25)11-19(10-17)14-25/h5-8,17-19H,3-4,9-16H2,1-2H3,(H,26,28). The summed E-state index contributed by atoms with van der Waals surface area (Å²) in [5, 5.41) is 3.38. The van der Waals surface area contributed by atoms with Crippen molar-refractivity contribution in [2.45, 2.75) is 62.8 Å². The number of thioether (sulfide) groups is 1. The van der Waals surface area contributed by atoms with Gasteiger partial charge in [0.2, 0.25) is 5.91 Å². The Morgan fingerprint density at radius 2 is 1.62 bits per heavy atom. The lowest BCUT2D eigenvalue weighted by atomic mass is 9.53. The zero-order chi connectivity index (χ0) is 22.7. The van der Waals surface area contributed by atoms with E-state index in [1.54, 1.807) is 17.0 Å². The molecule has 7 heteroatoms. The van der Waals surface area contributed by atoms with Crippen LogP contribution >= 0.6 is 11.8 Å². The maximum Gasteiger partial charge on any atom is 0.339 e. The summed E-state index contributed by atoms with van der Waals surface area (Å²) < 4.78 is 5.27. The van der Waals surface area contributed by atoms with Crippen LogP contribution in [0.4, 0.5) is 0 Å². The summed E-state index contributed by atoms with van der Waals surface area (Å²) in [7, 11) is 0. The highest BCUT2D eigenvalue weighted by Crippen LogP contribution is 2.55. The average Bonchev–Trinajstić information content (AvgIpc) is 2.76. The number of ether oxygens (including phenoxy) is 1. The smallest absolute Gasteiger partial charge is 0.339 e. The highest BCUT2D eigenvalue weighted by atomic mass is 32.2. The van der Waals surface area contributed by atoms with Crippen molar-refractivity contribution in [1.29, 1.82) is 0 Å². The Bertz CT molecular complexity index is 832. The minimum absolute atomic E-state index is 0.00433. The summed E-state index contributed by atoms with van der Waals surface area (Å²) in [6, 6.07) is 7.12. The normalized spacial score (nSPS) is 27.8. The van der Waals surface area contributed by atoms with Crippen LogP contribution in [0.1, 0.15) is 62.7 Å². The van der Waals surface area contributed by atoms with Crippen molar-refractivity contribution in [2.75, 3.05) is 25.4 Å². The van der Waals surface area contributed by atoms with E-state index in [4.69, 9.17) is 4.74 Å². The quantitative estimate of drug-likeness (QED) is 0.449. The second-order valence-corrected chi connectivity index (χ2v) is 10.7. The minimum atomic E-state index is -0.532. The summed E-state index contributed by atoms with van der Waals surface area (Å²) >= 11 is 1.35. The first-order valence-electron chi connectivity index (χ1n) is 11.9. The Morgan fingerprint density at radius 1 is 1.03 bits per heavy atom. The van der Waals surface area contributed by atoms with Crippen molar-refractivity contribution in [1.82, 2.24) is 10.2 Å². The summed E-state index contributed by atoms with van der Waals surface area (Å²) in [6.45, 7) is 4.68. The van der Waals surface area contributed by atoms with Gasteiger partial charge in [-0.25, -0.2) is 4.79 Å². The van der Waals surface area contributed by atoms with Crippen LogP contribution in [0.2, 0.25) is 0 Å². The van der Waals surface area contributed by atoms with Crippen molar-refractivity contribution in [2.24, 2.45) is 17.8 Å². The number of esters is 1. The Balaban J connectivity index is 1.32. The highest BCUT2D eigenvalue weighted by molar-refractivity contribution is 8.00. The SMILES string of the molecule is CCN(CC)C(=O)COC(=O)c1ccccc1SCC(=O)NC12CC3CC(CC(C3)C1)C2. The molecule has 0 unspecified atom stereocenters. The van der Waals surface area contributed by atoms with Crippen LogP contribution in [0.15, 0.2) is 29.2 Å². The second-order valence-electron chi connectivity index (χ2n) is 9.67. The first-order valence-corrected chi connectivity index (χ1v) is 12.9. The number of carbonyl (C=O) groups excluding carboxylic acids is 3. The molecule has 6 nitrogen and oxygen atoms in total. The van der Waals surface area contributed by atoms with Crippen LogP contribution in [0.3, 0.4) is 0 Å². The molecule has 0 heterocycles. The third-order valence-electron chi connectivity index (χ3n) is 7.35. The van der Waals surface area contributed by atoms with Crippen molar-refractivity contribution < 1.29 is 19.1 Å². The van der Waals surface area contributed by atoms with E-state index in [1.807, 2.05) is 26.0 Å². The van der Waals surface area contributed by atoms with E-state index in [1.165, 1.54) is 31.0 Å². The molecular weight excluding hydrogens is 424 g/mol. The number of amides is 2. The predicted octanol–water partition coefficient (Wildman–Crippen LogP) is 3.89. The molecule has 0 radical (unpaired) electrons. The largest absolute Gasteiger partial charge is 0.452 e. The van der Waals surface area contributed by atoms with E-state index in [0.717, 1.165) is 37.0 Å². The maximum atomic E-state index is 12.8. The molecular formula is C25H34N2O4S. The van der Waals surface area contributed by atoms with Crippen LogP contribution in [-0.4, -0.2) is 53.7 Å². The van der Waals surface area contributed by atoms with Crippen LogP contribution in [-0.2, 0) is 14.3 Å². The molecule has 1 aromatic rings. The number of benzene rings is 1. The fourth-order valence-electron chi connectivity index (χ4n) is 6.37. The van der Waals surface area contributed by atoms with Gasteiger partial charge in [-0.3, -0.25) is 9.59 Å². The van der Waals surface area contributed by atoms with Gasteiger partial charge in [-0.15, -0.1) is 11.8 Å². The molecule has 0 atom stereocenters. The molecule has 0 saturated heterocycles.